The molecule has 3 nitrogen and oxygen atoms in total. The lowest BCUT2D eigenvalue weighted by Gasteiger charge is -2.37. The van der Waals surface area contributed by atoms with Crippen LogP contribution in [0.4, 0.5) is 17.1 Å². The van der Waals surface area contributed by atoms with Gasteiger partial charge in [-0.1, -0.05) is 29.8 Å². The van der Waals surface area contributed by atoms with E-state index < -0.39 is 0 Å². The van der Waals surface area contributed by atoms with Crippen LogP contribution >= 0.6 is 11.6 Å². The molecule has 1 heterocycles. The van der Waals surface area contributed by atoms with Crippen molar-refractivity contribution in [3.8, 4) is 0 Å². The Balaban J connectivity index is 2.13. The van der Waals surface area contributed by atoms with Gasteiger partial charge in [-0.05, 0) is 24.3 Å². The van der Waals surface area contributed by atoms with Crippen LogP contribution in [0.3, 0.4) is 0 Å². The van der Waals surface area contributed by atoms with Crippen LogP contribution in [0.1, 0.15) is 5.56 Å². The van der Waals surface area contributed by atoms with Crippen molar-refractivity contribution in [2.45, 2.75) is 6.61 Å². The number of anilines is 3. The normalized spacial score (nSPS) is 14.3. The van der Waals surface area contributed by atoms with E-state index in [2.05, 4.69) is 29.0 Å². The third kappa shape index (κ3) is 2.13. The summed E-state index contributed by atoms with van der Waals surface area (Å²) in [4.78, 5) is 4.47. The fourth-order valence-corrected chi connectivity index (χ4v) is 2.94. The molecule has 20 heavy (non-hydrogen) atoms. The van der Waals surface area contributed by atoms with Crippen LogP contribution in [-0.4, -0.2) is 25.2 Å². The monoisotopic (exact) mass is 288 g/mol. The summed E-state index contributed by atoms with van der Waals surface area (Å²) in [6, 6.07) is 14.1. The van der Waals surface area contributed by atoms with Crippen LogP contribution in [0, 0.1) is 0 Å². The molecule has 2 aromatic rings. The Bertz CT molecular complexity index is 630. The molecule has 0 spiro atoms. The molecule has 0 bridgehead atoms. The molecule has 1 N–H and O–H groups in total. The standard InChI is InChI=1S/C16H17ClN2O/c1-18-9-10-19(16-7-3-2-6-15(16)18)14-8-4-5-13(17)12(14)11-20/h2-8,20H,9-11H2,1H3. The van der Waals surface area contributed by atoms with E-state index in [0.717, 1.165) is 30.0 Å². The van der Waals surface area contributed by atoms with Crippen molar-refractivity contribution < 1.29 is 5.11 Å². The van der Waals surface area contributed by atoms with Crippen LogP contribution in [0.25, 0.3) is 0 Å². The Morgan fingerprint density at radius 3 is 2.45 bits per heavy atom. The fourth-order valence-electron chi connectivity index (χ4n) is 2.71. The van der Waals surface area contributed by atoms with Crippen molar-refractivity contribution in [1.82, 2.24) is 0 Å². The first-order valence-electron chi connectivity index (χ1n) is 6.68. The second kappa shape index (κ2) is 5.35. The van der Waals surface area contributed by atoms with E-state index in [1.165, 1.54) is 5.69 Å². The van der Waals surface area contributed by atoms with E-state index in [1.54, 1.807) is 0 Å². The Kier molecular flexibility index (Phi) is 3.55. The van der Waals surface area contributed by atoms with Crippen molar-refractivity contribution in [3.05, 3.63) is 53.1 Å². The Morgan fingerprint density at radius 2 is 1.70 bits per heavy atom. The molecule has 0 atom stereocenters. The molecule has 1 aliphatic heterocycles. The van der Waals surface area contributed by atoms with Gasteiger partial charge in [-0.3, -0.25) is 0 Å². The number of benzene rings is 2. The van der Waals surface area contributed by atoms with Gasteiger partial charge in [-0.2, -0.15) is 0 Å². The third-order valence-corrected chi connectivity index (χ3v) is 4.14. The molecule has 0 aromatic heterocycles. The van der Waals surface area contributed by atoms with Crippen LogP contribution in [0.5, 0.6) is 0 Å². The van der Waals surface area contributed by atoms with Crippen LogP contribution in [0.2, 0.25) is 5.02 Å². The van der Waals surface area contributed by atoms with Gasteiger partial charge in [0, 0.05) is 36.4 Å². The largest absolute Gasteiger partial charge is 0.392 e. The van der Waals surface area contributed by atoms with Crippen molar-refractivity contribution in [3.63, 3.8) is 0 Å². The number of nitrogens with zero attached hydrogens (tertiary/aromatic N) is 2. The number of aliphatic hydroxyl groups is 1. The molecule has 4 heteroatoms. The number of fused-ring (bicyclic) bond motifs is 1. The van der Waals surface area contributed by atoms with Crippen LogP contribution in [0.15, 0.2) is 42.5 Å². The number of halogens is 1. The highest BCUT2D eigenvalue weighted by Crippen LogP contribution is 2.39. The molecular formula is C16H17ClN2O. The Labute approximate surface area is 124 Å². The molecule has 2 aromatic carbocycles. The average Bonchev–Trinajstić information content (AvgIpc) is 2.48. The van der Waals surface area contributed by atoms with Gasteiger partial charge in [0.1, 0.15) is 0 Å². The minimum absolute atomic E-state index is 0.0521. The lowest BCUT2D eigenvalue weighted by atomic mass is 10.1. The summed E-state index contributed by atoms with van der Waals surface area (Å²) in [6.07, 6.45) is 0. The molecule has 0 radical (unpaired) electrons. The zero-order chi connectivity index (χ0) is 14.1. The van der Waals surface area contributed by atoms with E-state index >= 15 is 0 Å². The Morgan fingerprint density at radius 1 is 1.00 bits per heavy atom. The molecule has 0 saturated heterocycles. The zero-order valence-corrected chi connectivity index (χ0v) is 12.1. The summed E-state index contributed by atoms with van der Waals surface area (Å²) in [5, 5.41) is 10.2. The molecule has 0 unspecified atom stereocenters. The molecule has 104 valence electrons. The number of aliphatic hydroxyl groups excluding tert-OH is 1. The molecular weight excluding hydrogens is 272 g/mol. The fraction of sp³-hybridized carbons (Fsp3) is 0.250. The van der Waals surface area contributed by atoms with Gasteiger partial charge in [-0.15, -0.1) is 0 Å². The second-order valence-electron chi connectivity index (χ2n) is 4.96. The first kappa shape index (κ1) is 13.3. The SMILES string of the molecule is CN1CCN(c2cccc(Cl)c2CO)c2ccccc21. The highest BCUT2D eigenvalue weighted by Gasteiger charge is 2.23. The molecule has 0 amide bonds. The van der Waals surface area contributed by atoms with Crippen LogP contribution in [-0.2, 0) is 6.61 Å². The minimum atomic E-state index is -0.0521. The topological polar surface area (TPSA) is 26.7 Å². The van der Waals surface area contributed by atoms with Gasteiger partial charge in [-0.25, -0.2) is 0 Å². The number of hydrogen-bond donors (Lipinski definition) is 1. The molecule has 0 aliphatic carbocycles. The van der Waals surface area contributed by atoms with Gasteiger partial charge >= 0.3 is 0 Å². The quantitative estimate of drug-likeness (QED) is 0.917. The van der Waals surface area contributed by atoms with Gasteiger partial charge in [0.25, 0.3) is 0 Å². The summed E-state index contributed by atoms with van der Waals surface area (Å²) in [5.74, 6) is 0. The van der Waals surface area contributed by atoms with E-state index in [1.807, 2.05) is 30.3 Å². The number of likely N-dealkylation sites (N-methyl/N-ethyl adjacent to an activating group) is 1. The van der Waals surface area contributed by atoms with E-state index in [-0.39, 0.29) is 6.61 Å². The average molecular weight is 289 g/mol. The first-order chi connectivity index (χ1) is 9.72. The smallest absolute Gasteiger partial charge is 0.0716 e. The highest BCUT2D eigenvalue weighted by molar-refractivity contribution is 6.31. The van der Waals surface area contributed by atoms with Gasteiger partial charge < -0.3 is 14.9 Å². The second-order valence-corrected chi connectivity index (χ2v) is 5.36. The molecule has 1 aliphatic rings. The summed E-state index contributed by atoms with van der Waals surface area (Å²) in [6.45, 7) is 1.76. The predicted molar refractivity (Wildman–Crippen MR) is 84.1 cm³/mol. The van der Waals surface area contributed by atoms with Gasteiger partial charge in [0.2, 0.25) is 0 Å². The van der Waals surface area contributed by atoms with Crippen LogP contribution < -0.4 is 9.80 Å². The third-order valence-electron chi connectivity index (χ3n) is 3.79. The van der Waals surface area contributed by atoms with Crippen molar-refractivity contribution in [1.29, 1.82) is 0 Å². The van der Waals surface area contributed by atoms with Crippen molar-refractivity contribution in [2.75, 3.05) is 29.9 Å². The molecule has 0 saturated carbocycles. The minimum Gasteiger partial charge on any atom is -0.392 e. The maximum atomic E-state index is 9.61. The summed E-state index contributed by atoms with van der Waals surface area (Å²) in [7, 11) is 2.10. The lowest BCUT2D eigenvalue weighted by Crippen LogP contribution is -2.36. The summed E-state index contributed by atoms with van der Waals surface area (Å²) in [5.41, 5.74) is 4.12. The first-order valence-corrected chi connectivity index (χ1v) is 7.06. The maximum absolute atomic E-state index is 9.61. The zero-order valence-electron chi connectivity index (χ0n) is 11.4. The van der Waals surface area contributed by atoms with Gasteiger partial charge in [0.05, 0.1) is 18.0 Å². The number of hydrogen-bond acceptors (Lipinski definition) is 3. The highest BCUT2D eigenvalue weighted by atomic mass is 35.5. The molecule has 3 rings (SSSR count). The van der Waals surface area contributed by atoms with Gasteiger partial charge in [0.15, 0.2) is 0 Å². The summed E-state index contributed by atoms with van der Waals surface area (Å²) < 4.78 is 0. The van der Waals surface area contributed by atoms with E-state index in [0.29, 0.717) is 5.02 Å². The lowest BCUT2D eigenvalue weighted by molar-refractivity contribution is 0.282. The van der Waals surface area contributed by atoms with Crippen molar-refractivity contribution in [2.24, 2.45) is 0 Å². The summed E-state index contributed by atoms with van der Waals surface area (Å²) >= 11 is 6.21. The van der Waals surface area contributed by atoms with E-state index in [9.17, 15) is 5.11 Å². The predicted octanol–water partition coefficient (Wildman–Crippen LogP) is 3.42. The van der Waals surface area contributed by atoms with E-state index in [4.69, 9.17) is 11.6 Å². The van der Waals surface area contributed by atoms with Crippen molar-refractivity contribution >= 4 is 28.7 Å². The molecule has 0 fully saturated rings. The maximum Gasteiger partial charge on any atom is 0.0716 e. The number of para-hydroxylation sites is 2. The number of rotatable bonds is 2. The Hall–Kier alpha value is -1.71.